The Hall–Kier alpha value is -6.26. The van der Waals surface area contributed by atoms with Crippen LogP contribution in [-0.4, -0.2) is 19.1 Å². The smallest absolute Gasteiger partial charge is 0.165 e. The van der Waals surface area contributed by atoms with Crippen molar-refractivity contribution in [3.63, 3.8) is 0 Å². The molecule has 0 bridgehead atoms. The van der Waals surface area contributed by atoms with Crippen molar-refractivity contribution in [3.05, 3.63) is 157 Å². The number of para-hydroxylation sites is 4. The van der Waals surface area contributed by atoms with Gasteiger partial charge in [-0.15, -0.1) is 0 Å². The molecule has 0 radical (unpaired) electrons. The van der Waals surface area contributed by atoms with E-state index in [1.807, 2.05) is 36.4 Å². The fourth-order valence-electron chi connectivity index (χ4n) is 6.35. The Morgan fingerprint density at radius 1 is 0.478 bits per heavy atom. The van der Waals surface area contributed by atoms with Crippen LogP contribution in [0.4, 0.5) is 0 Å². The molecule has 4 heteroatoms. The fourth-order valence-corrected chi connectivity index (χ4v) is 6.35. The summed E-state index contributed by atoms with van der Waals surface area (Å²) in [6.45, 7) is 0. The number of nitrogens with zero attached hydrogens (tertiary/aromatic N) is 4. The van der Waals surface area contributed by atoms with E-state index in [0.29, 0.717) is 28.0 Å². The van der Waals surface area contributed by atoms with Gasteiger partial charge >= 0.3 is 0 Å². The van der Waals surface area contributed by atoms with Gasteiger partial charge in [0.25, 0.3) is 0 Å². The molecule has 4 nitrogen and oxygen atoms in total. The first-order valence-corrected chi connectivity index (χ1v) is 14.6. The van der Waals surface area contributed by atoms with Crippen LogP contribution >= 0.6 is 0 Å². The minimum absolute atomic E-state index is 0.00471. The molecule has 0 unspecified atom stereocenters. The zero-order chi connectivity index (χ0) is 40.6. The lowest BCUT2D eigenvalue weighted by Crippen LogP contribution is -2.03. The summed E-state index contributed by atoms with van der Waals surface area (Å²) in [6.07, 6.45) is 0. The average Bonchev–Trinajstić information content (AvgIpc) is 3.80. The van der Waals surface area contributed by atoms with E-state index < -0.39 is 60.4 Å². The molecule has 0 fully saturated rings. The van der Waals surface area contributed by atoms with Crippen molar-refractivity contribution in [1.82, 2.24) is 19.1 Å². The third-order valence-electron chi connectivity index (χ3n) is 8.33. The lowest BCUT2D eigenvalue weighted by atomic mass is 10.0. The van der Waals surface area contributed by atoms with Crippen molar-refractivity contribution in [2.24, 2.45) is 0 Å². The molecule has 0 aliphatic carbocycles. The summed E-state index contributed by atoms with van der Waals surface area (Å²) < 4.78 is 113. The molecule has 7 aromatic carbocycles. The molecule has 0 aliphatic heterocycles. The minimum atomic E-state index is -0.587. The van der Waals surface area contributed by atoms with Crippen LogP contribution in [0.2, 0.25) is 0 Å². The van der Waals surface area contributed by atoms with Crippen molar-refractivity contribution in [1.29, 1.82) is 0 Å². The molecule has 10 aromatic rings. The van der Waals surface area contributed by atoms with Gasteiger partial charge in [-0.1, -0.05) is 109 Å². The van der Waals surface area contributed by atoms with Crippen molar-refractivity contribution in [2.75, 3.05) is 0 Å². The third-order valence-corrected chi connectivity index (χ3v) is 8.33. The minimum Gasteiger partial charge on any atom is -0.309 e. The van der Waals surface area contributed by atoms with E-state index in [1.54, 1.807) is 53.1 Å². The highest BCUT2D eigenvalue weighted by molar-refractivity contribution is 6.25. The molecule has 3 heterocycles. The summed E-state index contributed by atoms with van der Waals surface area (Å²) in [5.41, 5.74) is 2.47. The van der Waals surface area contributed by atoms with Crippen LogP contribution in [0.25, 0.3) is 88.2 Å². The Kier molecular flexibility index (Phi) is 3.38. The topological polar surface area (TPSA) is 35.6 Å². The van der Waals surface area contributed by atoms with Crippen LogP contribution in [-0.2, 0) is 0 Å². The van der Waals surface area contributed by atoms with Gasteiger partial charge in [-0.2, -0.15) is 0 Å². The van der Waals surface area contributed by atoms with Crippen LogP contribution in [0.15, 0.2) is 157 Å². The molecular formula is C42H26N4. The summed E-state index contributed by atoms with van der Waals surface area (Å²) >= 11 is 0. The van der Waals surface area contributed by atoms with Crippen LogP contribution < -0.4 is 0 Å². The van der Waals surface area contributed by atoms with Gasteiger partial charge in [0.2, 0.25) is 0 Å². The molecule has 0 N–H and O–H groups in total. The standard InChI is InChI=1S/C42H26N4/c1-3-14-28(15-4-1)41-42(44-35-21-11-10-20-34(35)43-41)46-36-22-12-9-19-31(36)32-25-33-39(26-38(32)46)45(29-16-5-2-6-17-29)37-24-23-27-13-7-8-18-30(27)40(33)37/h1-26H/i7D,8D,9D,12D,13D,18D,19D,22D,23D,24D,25D,26D. The Morgan fingerprint density at radius 2 is 1.15 bits per heavy atom. The Morgan fingerprint density at radius 3 is 1.98 bits per heavy atom. The molecule has 0 atom stereocenters. The van der Waals surface area contributed by atoms with E-state index in [1.165, 1.54) is 4.57 Å². The first-order chi connectivity index (χ1) is 27.8. The first-order valence-electron chi connectivity index (χ1n) is 20.6. The quantitative estimate of drug-likeness (QED) is 0.203. The number of benzene rings is 7. The van der Waals surface area contributed by atoms with E-state index in [-0.39, 0.29) is 72.3 Å². The van der Waals surface area contributed by atoms with Crippen molar-refractivity contribution < 1.29 is 16.4 Å². The van der Waals surface area contributed by atoms with E-state index in [4.69, 9.17) is 19.6 Å². The number of aromatic nitrogens is 4. The Labute approximate surface area is 281 Å². The summed E-state index contributed by atoms with van der Waals surface area (Å²) in [6, 6.07) is 19.4. The highest BCUT2D eigenvalue weighted by Gasteiger charge is 2.22. The maximum absolute atomic E-state index is 10.2. The van der Waals surface area contributed by atoms with Crippen molar-refractivity contribution in [2.45, 2.75) is 0 Å². The second-order valence-corrected chi connectivity index (χ2v) is 10.9. The summed E-state index contributed by atoms with van der Waals surface area (Å²) in [5.74, 6) is 0.138. The van der Waals surface area contributed by atoms with Gasteiger partial charge < -0.3 is 4.57 Å². The molecule has 3 aromatic heterocycles. The molecule has 214 valence electrons. The van der Waals surface area contributed by atoms with Gasteiger partial charge in [0, 0.05) is 32.8 Å². The highest BCUT2D eigenvalue weighted by Crippen LogP contribution is 2.42. The predicted molar refractivity (Wildman–Crippen MR) is 191 cm³/mol. The van der Waals surface area contributed by atoms with Gasteiger partial charge in [-0.3, -0.25) is 4.57 Å². The van der Waals surface area contributed by atoms with Crippen LogP contribution in [0.3, 0.4) is 0 Å². The number of hydrogen-bond acceptors (Lipinski definition) is 2. The number of fused-ring (bicyclic) bond motifs is 9. The monoisotopic (exact) mass is 598 g/mol. The molecule has 46 heavy (non-hydrogen) atoms. The summed E-state index contributed by atoms with van der Waals surface area (Å²) in [7, 11) is 0. The van der Waals surface area contributed by atoms with Gasteiger partial charge in [-0.05, 0) is 59.2 Å². The maximum atomic E-state index is 10.2. The summed E-state index contributed by atoms with van der Waals surface area (Å²) in [4.78, 5) is 10.1. The molecule has 0 spiro atoms. The third kappa shape index (κ3) is 3.55. The zero-order valence-electron chi connectivity index (χ0n) is 35.9. The fraction of sp³-hybridized carbons (Fsp3) is 0. The molecule has 0 saturated heterocycles. The highest BCUT2D eigenvalue weighted by atomic mass is 15.1. The molecule has 0 aliphatic rings. The van der Waals surface area contributed by atoms with Crippen molar-refractivity contribution in [3.8, 4) is 22.8 Å². The maximum Gasteiger partial charge on any atom is 0.165 e. The van der Waals surface area contributed by atoms with E-state index in [2.05, 4.69) is 0 Å². The molecule has 10 rings (SSSR count). The largest absolute Gasteiger partial charge is 0.309 e. The predicted octanol–water partition coefficient (Wildman–Crippen LogP) is 10.6. The Bertz CT molecular complexity index is 3470. The van der Waals surface area contributed by atoms with E-state index in [0.717, 1.165) is 0 Å². The SMILES string of the molecule is [2H]c1c([2H])c([2H])c2c(c1[2H])c([2H])c([2H])c1c2c2c([2H])c3c4c([2H])c([2H])c([2H])c([2H])c4n(-c4nc5ccccc5nc4-c4ccccc4)c3c([2H])c2n1-c1ccccc1. The number of hydrogen-bond donors (Lipinski definition) is 0. The average molecular weight is 599 g/mol. The zero-order valence-corrected chi connectivity index (χ0v) is 23.9. The van der Waals surface area contributed by atoms with Crippen molar-refractivity contribution >= 4 is 65.4 Å². The Balaban J connectivity index is 1.56. The first kappa shape index (κ1) is 16.2. The molecule has 0 amide bonds. The second kappa shape index (κ2) is 9.62. The normalized spacial score (nSPS) is 15.6. The molecule has 0 saturated carbocycles. The van der Waals surface area contributed by atoms with Gasteiger partial charge in [0.1, 0.15) is 5.69 Å². The summed E-state index contributed by atoms with van der Waals surface area (Å²) in [5, 5.41) is -0.364. The van der Waals surface area contributed by atoms with Crippen LogP contribution in [0.1, 0.15) is 16.4 Å². The van der Waals surface area contributed by atoms with Gasteiger partial charge in [-0.25, -0.2) is 9.97 Å². The lowest BCUT2D eigenvalue weighted by Gasteiger charge is -2.14. The number of rotatable bonds is 3. The van der Waals surface area contributed by atoms with Gasteiger partial charge in [0.05, 0.1) is 49.5 Å². The second-order valence-electron chi connectivity index (χ2n) is 10.9. The van der Waals surface area contributed by atoms with E-state index >= 15 is 0 Å². The van der Waals surface area contributed by atoms with Crippen LogP contribution in [0, 0.1) is 0 Å². The molecular weight excluding hydrogens is 560 g/mol. The van der Waals surface area contributed by atoms with Gasteiger partial charge in [0.15, 0.2) is 5.82 Å². The van der Waals surface area contributed by atoms with Crippen LogP contribution in [0.5, 0.6) is 0 Å². The van der Waals surface area contributed by atoms with E-state index in [9.17, 15) is 6.85 Å². The lowest BCUT2D eigenvalue weighted by molar-refractivity contribution is 1.08.